The number of nitrogens with one attached hydrogen (secondary N) is 1. The van der Waals surface area contributed by atoms with E-state index in [1.807, 2.05) is 0 Å². The minimum absolute atomic E-state index is 0.140. The Balaban J connectivity index is 1.56. The second-order valence-corrected chi connectivity index (χ2v) is 6.98. The van der Waals surface area contributed by atoms with Crippen LogP contribution in [-0.4, -0.2) is 74.8 Å². The predicted molar refractivity (Wildman–Crippen MR) is 102 cm³/mol. The smallest absolute Gasteiger partial charge is 0.339 e. The summed E-state index contributed by atoms with van der Waals surface area (Å²) in [4.78, 5) is 38.2. The van der Waals surface area contributed by atoms with Crippen molar-refractivity contribution in [2.24, 2.45) is 0 Å². The van der Waals surface area contributed by atoms with Crippen LogP contribution < -0.4 is 14.8 Å². The van der Waals surface area contributed by atoms with Crippen LogP contribution >= 0.6 is 0 Å². The number of benzene rings is 1. The predicted octanol–water partition coefficient (Wildman–Crippen LogP) is 0.757. The summed E-state index contributed by atoms with van der Waals surface area (Å²) in [7, 11) is 1.44. The summed E-state index contributed by atoms with van der Waals surface area (Å²) in [5, 5.41) is 2.79. The van der Waals surface area contributed by atoms with Crippen molar-refractivity contribution < 1.29 is 33.3 Å². The average molecular weight is 406 g/mol. The lowest BCUT2D eigenvalue weighted by molar-refractivity contribution is -0.137. The number of hydrogen-bond donors (Lipinski definition) is 1. The molecular formula is C20H26N2O7. The standard InChI is InChI=1S/C20H26N2O7/c1-13(19(24)21-15-4-5-15)29-20(25)14-3-6-16(17(11-14)26-2)28-12-18(23)22-7-9-27-10-8-22/h3,6,11,13,15H,4-5,7-10,12H2,1-2H3,(H,21,24)/t13-/m0/s1. The number of rotatable bonds is 8. The van der Waals surface area contributed by atoms with Crippen molar-refractivity contribution in [3.63, 3.8) is 0 Å². The summed E-state index contributed by atoms with van der Waals surface area (Å²) in [6.07, 6.45) is 1.02. The molecule has 2 aliphatic rings. The highest BCUT2D eigenvalue weighted by Gasteiger charge is 2.27. The number of methoxy groups -OCH3 is 1. The zero-order chi connectivity index (χ0) is 20.8. The van der Waals surface area contributed by atoms with Gasteiger partial charge in [-0.25, -0.2) is 4.79 Å². The van der Waals surface area contributed by atoms with Crippen molar-refractivity contribution in [3.05, 3.63) is 23.8 Å². The first-order chi connectivity index (χ1) is 14.0. The Morgan fingerprint density at radius 2 is 1.93 bits per heavy atom. The number of amides is 2. The van der Waals surface area contributed by atoms with E-state index < -0.39 is 12.1 Å². The SMILES string of the molecule is COc1cc(C(=O)O[C@@H](C)C(=O)NC2CC2)ccc1OCC(=O)N1CCOCC1. The van der Waals surface area contributed by atoms with E-state index in [1.54, 1.807) is 4.90 Å². The van der Waals surface area contributed by atoms with Crippen LogP contribution in [0.4, 0.5) is 0 Å². The van der Waals surface area contributed by atoms with Crippen molar-refractivity contribution in [3.8, 4) is 11.5 Å². The number of nitrogens with zero attached hydrogens (tertiary/aromatic N) is 1. The van der Waals surface area contributed by atoms with E-state index in [1.165, 1.54) is 32.2 Å². The number of carbonyl (C=O) groups is 3. The first-order valence-electron chi connectivity index (χ1n) is 9.65. The molecule has 1 atom stereocenters. The van der Waals surface area contributed by atoms with Gasteiger partial charge in [-0.3, -0.25) is 9.59 Å². The van der Waals surface area contributed by atoms with Crippen molar-refractivity contribution in [1.29, 1.82) is 0 Å². The van der Waals surface area contributed by atoms with Gasteiger partial charge in [-0.2, -0.15) is 0 Å². The summed E-state index contributed by atoms with van der Waals surface area (Å²) < 4.78 is 21.3. The molecule has 9 heteroatoms. The summed E-state index contributed by atoms with van der Waals surface area (Å²) in [5.74, 6) is -0.462. The zero-order valence-corrected chi connectivity index (χ0v) is 16.6. The van der Waals surface area contributed by atoms with Gasteiger partial charge in [-0.15, -0.1) is 0 Å². The average Bonchev–Trinajstić information content (AvgIpc) is 3.56. The first-order valence-corrected chi connectivity index (χ1v) is 9.65. The fraction of sp³-hybridized carbons (Fsp3) is 0.550. The molecule has 1 aromatic rings. The monoisotopic (exact) mass is 406 g/mol. The summed E-state index contributed by atoms with van der Waals surface area (Å²) in [6.45, 7) is 3.50. The maximum atomic E-state index is 12.3. The van der Waals surface area contributed by atoms with Crippen LogP contribution in [0.2, 0.25) is 0 Å². The second kappa shape index (κ2) is 9.60. The normalized spacial score (nSPS) is 17.2. The van der Waals surface area contributed by atoms with Crippen LogP contribution in [0.1, 0.15) is 30.1 Å². The minimum atomic E-state index is -0.892. The Bertz CT molecular complexity index is 757. The number of carbonyl (C=O) groups excluding carboxylic acids is 3. The molecule has 0 aromatic heterocycles. The fourth-order valence-corrected chi connectivity index (χ4v) is 2.79. The summed E-state index contributed by atoms with van der Waals surface area (Å²) >= 11 is 0. The maximum absolute atomic E-state index is 12.3. The van der Waals surface area contributed by atoms with Gasteiger partial charge in [0.25, 0.3) is 11.8 Å². The third kappa shape index (κ3) is 5.83. The number of esters is 1. The van der Waals surface area contributed by atoms with Crippen LogP contribution in [0.3, 0.4) is 0 Å². The van der Waals surface area contributed by atoms with Gasteiger partial charge in [-0.05, 0) is 38.0 Å². The van der Waals surface area contributed by atoms with Crippen molar-refractivity contribution >= 4 is 17.8 Å². The maximum Gasteiger partial charge on any atom is 0.339 e. The molecular weight excluding hydrogens is 380 g/mol. The van der Waals surface area contributed by atoms with Gasteiger partial charge in [0.05, 0.1) is 25.9 Å². The molecule has 0 bridgehead atoms. The first kappa shape index (κ1) is 20.9. The van der Waals surface area contributed by atoms with Crippen LogP contribution in [-0.2, 0) is 19.1 Å². The number of hydrogen-bond acceptors (Lipinski definition) is 7. The molecule has 29 heavy (non-hydrogen) atoms. The molecule has 0 unspecified atom stereocenters. The topological polar surface area (TPSA) is 103 Å². The quantitative estimate of drug-likeness (QED) is 0.636. The van der Waals surface area contributed by atoms with Crippen molar-refractivity contribution in [2.45, 2.75) is 31.9 Å². The van der Waals surface area contributed by atoms with Crippen molar-refractivity contribution in [1.82, 2.24) is 10.2 Å². The molecule has 158 valence electrons. The lowest BCUT2D eigenvalue weighted by Crippen LogP contribution is -2.43. The van der Waals surface area contributed by atoms with Crippen LogP contribution in [0.5, 0.6) is 11.5 Å². The Hall–Kier alpha value is -2.81. The van der Waals surface area contributed by atoms with Crippen LogP contribution in [0.25, 0.3) is 0 Å². The van der Waals surface area contributed by atoms with E-state index in [2.05, 4.69) is 5.32 Å². The minimum Gasteiger partial charge on any atom is -0.493 e. The fourth-order valence-electron chi connectivity index (χ4n) is 2.79. The molecule has 1 aliphatic carbocycles. The highest BCUT2D eigenvalue weighted by Crippen LogP contribution is 2.28. The lowest BCUT2D eigenvalue weighted by Gasteiger charge is -2.26. The van der Waals surface area contributed by atoms with Gasteiger partial charge in [-0.1, -0.05) is 0 Å². The Labute approximate surface area is 169 Å². The summed E-state index contributed by atoms with van der Waals surface area (Å²) in [5.41, 5.74) is 0.222. The van der Waals surface area contributed by atoms with E-state index in [9.17, 15) is 14.4 Å². The summed E-state index contributed by atoms with van der Waals surface area (Å²) in [6, 6.07) is 4.70. The Morgan fingerprint density at radius 3 is 2.59 bits per heavy atom. The van der Waals surface area contributed by atoms with E-state index >= 15 is 0 Å². The lowest BCUT2D eigenvalue weighted by atomic mass is 10.2. The van der Waals surface area contributed by atoms with E-state index in [0.29, 0.717) is 37.8 Å². The van der Waals surface area contributed by atoms with Gasteiger partial charge in [0.15, 0.2) is 24.2 Å². The molecule has 1 aliphatic heterocycles. The third-order valence-electron chi connectivity index (χ3n) is 4.69. The zero-order valence-electron chi connectivity index (χ0n) is 16.6. The molecule has 1 saturated heterocycles. The van der Waals surface area contributed by atoms with E-state index in [0.717, 1.165) is 12.8 Å². The van der Waals surface area contributed by atoms with Crippen molar-refractivity contribution in [2.75, 3.05) is 40.0 Å². The molecule has 0 spiro atoms. The highest BCUT2D eigenvalue weighted by molar-refractivity contribution is 5.93. The van der Waals surface area contributed by atoms with Gasteiger partial charge >= 0.3 is 5.97 Å². The van der Waals surface area contributed by atoms with Crippen LogP contribution in [0, 0.1) is 0 Å². The van der Waals surface area contributed by atoms with Crippen LogP contribution in [0.15, 0.2) is 18.2 Å². The molecule has 0 radical (unpaired) electrons. The Morgan fingerprint density at radius 1 is 1.21 bits per heavy atom. The van der Waals surface area contributed by atoms with Gasteiger partial charge < -0.3 is 29.2 Å². The molecule has 1 saturated carbocycles. The third-order valence-corrected chi connectivity index (χ3v) is 4.69. The van der Waals surface area contributed by atoms with E-state index in [4.69, 9.17) is 18.9 Å². The van der Waals surface area contributed by atoms with Gasteiger partial charge in [0, 0.05) is 19.1 Å². The Kier molecular flexibility index (Phi) is 6.92. The van der Waals surface area contributed by atoms with E-state index in [-0.39, 0.29) is 30.0 Å². The van der Waals surface area contributed by atoms with Gasteiger partial charge in [0.2, 0.25) is 0 Å². The molecule has 2 fully saturated rings. The molecule has 1 N–H and O–H groups in total. The second-order valence-electron chi connectivity index (χ2n) is 6.98. The number of morpholine rings is 1. The molecule has 9 nitrogen and oxygen atoms in total. The van der Waals surface area contributed by atoms with Gasteiger partial charge in [0.1, 0.15) is 0 Å². The molecule has 1 heterocycles. The molecule has 1 aromatic carbocycles. The highest BCUT2D eigenvalue weighted by atomic mass is 16.5. The molecule has 3 rings (SSSR count). The largest absolute Gasteiger partial charge is 0.493 e. The number of ether oxygens (including phenoxy) is 4. The molecule has 2 amide bonds.